The predicted molar refractivity (Wildman–Crippen MR) is 66.2 cm³/mol. The Kier molecular flexibility index (Phi) is 2.38. The summed E-state index contributed by atoms with van der Waals surface area (Å²) in [4.78, 5) is 4.15. The van der Waals surface area contributed by atoms with Crippen molar-refractivity contribution in [2.45, 2.75) is 32.4 Å². The molecule has 1 aromatic rings. The van der Waals surface area contributed by atoms with Crippen LogP contribution < -0.4 is 0 Å². The van der Waals surface area contributed by atoms with Gasteiger partial charge in [0.1, 0.15) is 0 Å². The van der Waals surface area contributed by atoms with Crippen molar-refractivity contribution in [3.8, 4) is 0 Å². The molecule has 0 unspecified atom stereocenters. The Bertz CT molecular complexity index is 393. The van der Waals surface area contributed by atoms with Crippen molar-refractivity contribution >= 4 is 17.7 Å². The Morgan fingerprint density at radius 3 is 2.40 bits per heavy atom. The molecular formula is C12H16N2S. The second-order valence-corrected chi connectivity index (χ2v) is 6.29. The van der Waals surface area contributed by atoms with Gasteiger partial charge in [-0.2, -0.15) is 0 Å². The van der Waals surface area contributed by atoms with Gasteiger partial charge in [0.05, 0.1) is 5.71 Å². The van der Waals surface area contributed by atoms with Gasteiger partial charge in [-0.1, -0.05) is 19.9 Å². The van der Waals surface area contributed by atoms with Crippen molar-refractivity contribution in [3.05, 3.63) is 30.1 Å². The first-order valence-electron chi connectivity index (χ1n) is 5.12. The lowest BCUT2D eigenvalue weighted by atomic mass is 9.74. The van der Waals surface area contributed by atoms with Gasteiger partial charge in [0.15, 0.2) is 0 Å². The van der Waals surface area contributed by atoms with Gasteiger partial charge in [0, 0.05) is 28.1 Å². The minimum absolute atomic E-state index is 0.0840. The molecule has 0 spiro atoms. The van der Waals surface area contributed by atoms with Gasteiger partial charge in [0.25, 0.3) is 0 Å². The molecule has 2 rings (SSSR count). The van der Waals surface area contributed by atoms with E-state index in [9.17, 15) is 0 Å². The van der Waals surface area contributed by atoms with Crippen molar-refractivity contribution in [2.75, 3.05) is 0 Å². The van der Waals surface area contributed by atoms with Gasteiger partial charge in [-0.15, -0.1) is 0 Å². The Morgan fingerprint density at radius 1 is 1.20 bits per heavy atom. The van der Waals surface area contributed by atoms with E-state index in [-0.39, 0.29) is 10.2 Å². The van der Waals surface area contributed by atoms with Gasteiger partial charge >= 0.3 is 0 Å². The summed E-state index contributed by atoms with van der Waals surface area (Å²) in [6.45, 7) is 8.98. The van der Waals surface area contributed by atoms with Crippen LogP contribution in [0.3, 0.4) is 0 Å². The normalized spacial score (nSPS) is 22.5. The third kappa shape index (κ3) is 1.59. The van der Waals surface area contributed by atoms with E-state index in [4.69, 9.17) is 0 Å². The molecule has 0 N–H and O–H groups in total. The fraction of sp³-hybridized carbons (Fsp3) is 0.500. The van der Waals surface area contributed by atoms with Crippen molar-refractivity contribution < 1.29 is 0 Å². The Labute approximate surface area is 95.4 Å². The molecule has 15 heavy (non-hydrogen) atoms. The zero-order valence-corrected chi connectivity index (χ0v) is 10.4. The van der Waals surface area contributed by atoms with Crippen molar-refractivity contribution in [2.24, 2.45) is 9.81 Å². The smallest absolute Gasteiger partial charge is 0.0645 e. The number of aromatic nitrogens is 1. The Hall–Kier alpha value is -0.830. The van der Waals surface area contributed by atoms with Gasteiger partial charge in [-0.3, -0.25) is 4.98 Å². The quantitative estimate of drug-likeness (QED) is 0.678. The molecule has 0 aliphatic carbocycles. The monoisotopic (exact) mass is 220 g/mol. The minimum atomic E-state index is 0.0840. The molecule has 0 atom stereocenters. The molecule has 0 amide bonds. The molecule has 2 heterocycles. The van der Waals surface area contributed by atoms with Crippen molar-refractivity contribution in [1.82, 2.24) is 4.98 Å². The van der Waals surface area contributed by atoms with Gasteiger partial charge in [-0.25, -0.2) is 4.40 Å². The lowest BCUT2D eigenvalue weighted by Gasteiger charge is -2.34. The zero-order chi connectivity index (χ0) is 11.1. The Balaban J connectivity index is 2.42. The molecule has 0 saturated carbocycles. The van der Waals surface area contributed by atoms with Gasteiger partial charge in [-0.05, 0) is 31.9 Å². The van der Waals surface area contributed by atoms with Crippen LogP contribution in [0.1, 0.15) is 33.3 Å². The van der Waals surface area contributed by atoms with E-state index in [1.54, 1.807) is 18.1 Å². The summed E-state index contributed by atoms with van der Waals surface area (Å²) in [7, 11) is 0. The van der Waals surface area contributed by atoms with E-state index in [2.05, 4.69) is 43.1 Å². The van der Waals surface area contributed by atoms with E-state index >= 15 is 0 Å². The third-order valence-electron chi connectivity index (χ3n) is 3.40. The van der Waals surface area contributed by atoms with Gasteiger partial charge < -0.3 is 0 Å². The molecule has 1 aromatic heterocycles. The van der Waals surface area contributed by atoms with Crippen LogP contribution in [0.4, 0.5) is 0 Å². The summed E-state index contributed by atoms with van der Waals surface area (Å²) in [6.07, 6.45) is 3.69. The highest BCUT2D eigenvalue weighted by Gasteiger charge is 2.47. The number of hydrogen-bond donors (Lipinski definition) is 0. The van der Waals surface area contributed by atoms with E-state index in [0.717, 1.165) is 11.3 Å². The van der Waals surface area contributed by atoms with Crippen LogP contribution in [0.2, 0.25) is 0 Å². The van der Waals surface area contributed by atoms with Crippen LogP contribution in [0.25, 0.3) is 0 Å². The van der Waals surface area contributed by atoms with Crippen LogP contribution >= 0.6 is 11.9 Å². The Morgan fingerprint density at radius 2 is 1.93 bits per heavy atom. The van der Waals surface area contributed by atoms with E-state index in [0.29, 0.717) is 0 Å². The maximum absolute atomic E-state index is 4.60. The predicted octanol–water partition coefficient (Wildman–Crippen LogP) is 3.34. The SMILES string of the molecule is CC1(C)SN=C(c2cccnc2)C1(C)C. The van der Waals surface area contributed by atoms with Crippen molar-refractivity contribution in [3.63, 3.8) is 0 Å². The average molecular weight is 220 g/mol. The summed E-state index contributed by atoms with van der Waals surface area (Å²) in [5.74, 6) is 0. The highest BCUT2D eigenvalue weighted by atomic mass is 32.2. The second kappa shape index (κ2) is 3.34. The molecular weight excluding hydrogens is 204 g/mol. The molecule has 0 bridgehead atoms. The maximum atomic E-state index is 4.60. The minimum Gasteiger partial charge on any atom is -0.264 e. The molecule has 1 aliphatic heterocycles. The van der Waals surface area contributed by atoms with E-state index < -0.39 is 0 Å². The lowest BCUT2D eigenvalue weighted by Crippen LogP contribution is -2.38. The molecule has 2 nitrogen and oxygen atoms in total. The van der Waals surface area contributed by atoms with Crippen molar-refractivity contribution in [1.29, 1.82) is 0 Å². The average Bonchev–Trinajstić information content (AvgIpc) is 2.39. The molecule has 80 valence electrons. The standard InChI is InChI=1S/C12H16N2S/c1-11(2)10(14-15-12(11,3)4)9-6-5-7-13-8-9/h5-8H,1-4H3. The maximum Gasteiger partial charge on any atom is 0.0645 e. The van der Waals surface area contributed by atoms with E-state index in [1.165, 1.54) is 0 Å². The first-order chi connectivity index (χ1) is 6.95. The summed E-state index contributed by atoms with van der Waals surface area (Å²) in [5, 5.41) is 0. The molecule has 1 aliphatic rings. The molecule has 0 fully saturated rings. The third-order valence-corrected chi connectivity index (χ3v) is 4.64. The summed E-state index contributed by atoms with van der Waals surface area (Å²) < 4.78 is 4.76. The van der Waals surface area contributed by atoms with Crippen LogP contribution in [0.5, 0.6) is 0 Å². The molecule has 0 radical (unpaired) electrons. The largest absolute Gasteiger partial charge is 0.264 e. The summed E-state index contributed by atoms with van der Waals surface area (Å²) >= 11 is 1.67. The fourth-order valence-corrected chi connectivity index (χ4v) is 2.57. The van der Waals surface area contributed by atoms with Gasteiger partial charge in [0.2, 0.25) is 0 Å². The first-order valence-corrected chi connectivity index (χ1v) is 5.89. The second-order valence-electron chi connectivity index (χ2n) is 4.91. The molecule has 3 heteroatoms. The van der Waals surface area contributed by atoms with Crippen LogP contribution in [0, 0.1) is 5.41 Å². The van der Waals surface area contributed by atoms with Crippen LogP contribution in [-0.4, -0.2) is 15.4 Å². The summed E-state index contributed by atoms with van der Waals surface area (Å²) in [6, 6.07) is 4.04. The first kappa shape index (κ1) is 10.7. The number of pyridine rings is 1. The lowest BCUT2D eigenvalue weighted by molar-refractivity contribution is 0.416. The number of hydrogen-bond acceptors (Lipinski definition) is 3. The number of rotatable bonds is 1. The van der Waals surface area contributed by atoms with Crippen LogP contribution in [-0.2, 0) is 0 Å². The van der Waals surface area contributed by atoms with Crippen LogP contribution in [0.15, 0.2) is 28.9 Å². The molecule has 0 aromatic carbocycles. The summed E-state index contributed by atoms with van der Waals surface area (Å²) in [5.41, 5.74) is 2.38. The fourth-order valence-electron chi connectivity index (χ4n) is 1.59. The highest BCUT2D eigenvalue weighted by Crippen LogP contribution is 2.50. The zero-order valence-electron chi connectivity index (χ0n) is 9.61. The highest BCUT2D eigenvalue weighted by molar-refractivity contribution is 8.00. The van der Waals surface area contributed by atoms with E-state index in [1.807, 2.05) is 12.3 Å². The molecule has 0 saturated heterocycles. The topological polar surface area (TPSA) is 25.2 Å². The number of nitrogens with zero attached hydrogens (tertiary/aromatic N) is 2.